The number of hydrogen-bond donors (Lipinski definition) is 2. The molecule has 1 saturated heterocycles. The fourth-order valence-electron chi connectivity index (χ4n) is 2.30. The third kappa shape index (κ3) is 3.47. The molecule has 2 heterocycles. The SMILES string of the molecule is Cc1nn(CC(=O)NCCC2CCCO2)c(C)c1N. The van der Waals surface area contributed by atoms with Gasteiger partial charge in [0.05, 0.1) is 23.2 Å². The average molecular weight is 266 g/mol. The molecule has 19 heavy (non-hydrogen) atoms. The highest BCUT2D eigenvalue weighted by molar-refractivity contribution is 5.75. The molecule has 1 amide bonds. The summed E-state index contributed by atoms with van der Waals surface area (Å²) in [6.45, 7) is 5.43. The van der Waals surface area contributed by atoms with Crippen LogP contribution in [0.2, 0.25) is 0 Å². The van der Waals surface area contributed by atoms with E-state index in [-0.39, 0.29) is 12.5 Å². The van der Waals surface area contributed by atoms with Crippen LogP contribution in [0.4, 0.5) is 5.69 Å². The summed E-state index contributed by atoms with van der Waals surface area (Å²) in [5.41, 5.74) is 8.10. The molecule has 0 radical (unpaired) electrons. The van der Waals surface area contributed by atoms with Crippen molar-refractivity contribution in [3.8, 4) is 0 Å². The highest BCUT2D eigenvalue weighted by Crippen LogP contribution is 2.15. The first-order valence-electron chi connectivity index (χ1n) is 6.75. The number of aromatic nitrogens is 2. The quantitative estimate of drug-likeness (QED) is 0.824. The summed E-state index contributed by atoms with van der Waals surface area (Å²) in [4.78, 5) is 11.8. The van der Waals surface area contributed by atoms with Gasteiger partial charge in [0.15, 0.2) is 0 Å². The highest BCUT2D eigenvalue weighted by atomic mass is 16.5. The summed E-state index contributed by atoms with van der Waals surface area (Å²) < 4.78 is 7.15. The zero-order valence-electron chi connectivity index (χ0n) is 11.6. The van der Waals surface area contributed by atoms with Crippen LogP contribution >= 0.6 is 0 Å². The number of nitrogen functional groups attached to an aromatic ring is 1. The predicted molar refractivity (Wildman–Crippen MR) is 72.7 cm³/mol. The fraction of sp³-hybridized carbons (Fsp3) is 0.692. The number of rotatable bonds is 5. The molecule has 1 unspecified atom stereocenters. The number of anilines is 1. The minimum atomic E-state index is -0.0383. The van der Waals surface area contributed by atoms with Crippen LogP contribution in [-0.4, -0.2) is 34.9 Å². The smallest absolute Gasteiger partial charge is 0.241 e. The molecule has 0 bridgehead atoms. The highest BCUT2D eigenvalue weighted by Gasteiger charge is 2.16. The number of nitrogens with one attached hydrogen (secondary N) is 1. The molecule has 0 aliphatic carbocycles. The second-order valence-electron chi connectivity index (χ2n) is 5.02. The Kier molecular flexibility index (Phi) is 4.42. The number of ether oxygens (including phenoxy) is 1. The molecule has 1 atom stereocenters. The molecule has 6 heteroatoms. The van der Waals surface area contributed by atoms with E-state index in [0.717, 1.165) is 37.3 Å². The summed E-state index contributed by atoms with van der Waals surface area (Å²) in [7, 11) is 0. The van der Waals surface area contributed by atoms with E-state index in [1.54, 1.807) is 4.68 Å². The van der Waals surface area contributed by atoms with Crippen molar-refractivity contribution in [2.45, 2.75) is 45.8 Å². The Morgan fingerprint density at radius 1 is 1.58 bits per heavy atom. The van der Waals surface area contributed by atoms with Gasteiger partial charge in [-0.2, -0.15) is 5.10 Å². The number of nitrogens with two attached hydrogens (primary N) is 1. The number of aryl methyl sites for hydroxylation is 1. The lowest BCUT2D eigenvalue weighted by Gasteiger charge is -2.10. The summed E-state index contributed by atoms with van der Waals surface area (Å²) in [6, 6.07) is 0. The molecule has 3 N–H and O–H groups in total. The van der Waals surface area contributed by atoms with E-state index < -0.39 is 0 Å². The van der Waals surface area contributed by atoms with Crippen molar-refractivity contribution in [1.29, 1.82) is 0 Å². The van der Waals surface area contributed by atoms with Gasteiger partial charge in [-0.1, -0.05) is 0 Å². The second kappa shape index (κ2) is 6.06. The van der Waals surface area contributed by atoms with E-state index in [1.165, 1.54) is 0 Å². The van der Waals surface area contributed by atoms with Gasteiger partial charge in [0, 0.05) is 13.2 Å². The van der Waals surface area contributed by atoms with Gasteiger partial charge in [-0.15, -0.1) is 0 Å². The van der Waals surface area contributed by atoms with Crippen molar-refractivity contribution in [3.63, 3.8) is 0 Å². The Hall–Kier alpha value is -1.56. The lowest BCUT2D eigenvalue weighted by Crippen LogP contribution is -2.30. The molecule has 1 aliphatic heterocycles. The molecule has 2 rings (SSSR count). The van der Waals surface area contributed by atoms with E-state index in [4.69, 9.17) is 10.5 Å². The van der Waals surface area contributed by atoms with Gasteiger partial charge < -0.3 is 15.8 Å². The number of carbonyl (C=O) groups excluding carboxylic acids is 1. The van der Waals surface area contributed by atoms with Crippen LogP contribution in [0.5, 0.6) is 0 Å². The van der Waals surface area contributed by atoms with Gasteiger partial charge in [0.1, 0.15) is 6.54 Å². The molecule has 0 aromatic carbocycles. The summed E-state index contributed by atoms with van der Waals surface area (Å²) >= 11 is 0. The number of hydrogen-bond acceptors (Lipinski definition) is 4. The Labute approximate surface area is 113 Å². The minimum Gasteiger partial charge on any atom is -0.396 e. The molecule has 1 fully saturated rings. The zero-order valence-corrected chi connectivity index (χ0v) is 11.6. The van der Waals surface area contributed by atoms with Crippen LogP contribution in [0.1, 0.15) is 30.7 Å². The van der Waals surface area contributed by atoms with Gasteiger partial charge in [0.25, 0.3) is 0 Å². The Morgan fingerprint density at radius 3 is 2.95 bits per heavy atom. The number of amides is 1. The van der Waals surface area contributed by atoms with Crippen molar-refractivity contribution in [3.05, 3.63) is 11.4 Å². The van der Waals surface area contributed by atoms with Crippen molar-refractivity contribution in [2.75, 3.05) is 18.9 Å². The fourth-order valence-corrected chi connectivity index (χ4v) is 2.30. The van der Waals surface area contributed by atoms with Crippen LogP contribution in [-0.2, 0) is 16.1 Å². The molecule has 1 aromatic heterocycles. The third-order valence-electron chi connectivity index (χ3n) is 3.54. The minimum absolute atomic E-state index is 0.0383. The van der Waals surface area contributed by atoms with E-state index in [9.17, 15) is 4.79 Å². The molecular weight excluding hydrogens is 244 g/mol. The van der Waals surface area contributed by atoms with Gasteiger partial charge >= 0.3 is 0 Å². The van der Waals surface area contributed by atoms with Crippen molar-refractivity contribution in [1.82, 2.24) is 15.1 Å². The molecule has 0 spiro atoms. The molecule has 1 aliphatic rings. The summed E-state index contributed by atoms with van der Waals surface area (Å²) in [5.74, 6) is -0.0383. The monoisotopic (exact) mass is 266 g/mol. The standard InChI is InChI=1S/C13H22N4O2/c1-9-13(14)10(2)17(16-9)8-12(18)15-6-5-11-4-3-7-19-11/h11H,3-8,14H2,1-2H3,(H,15,18). The third-order valence-corrected chi connectivity index (χ3v) is 3.54. The lowest BCUT2D eigenvalue weighted by atomic mass is 10.2. The Morgan fingerprint density at radius 2 is 2.37 bits per heavy atom. The van der Waals surface area contributed by atoms with Crippen LogP contribution in [0, 0.1) is 13.8 Å². The summed E-state index contributed by atoms with van der Waals surface area (Å²) in [6.07, 6.45) is 3.42. The topological polar surface area (TPSA) is 82.2 Å². The van der Waals surface area contributed by atoms with E-state index in [0.29, 0.717) is 18.3 Å². The van der Waals surface area contributed by atoms with Crippen LogP contribution in [0.25, 0.3) is 0 Å². The normalized spacial score (nSPS) is 18.7. The van der Waals surface area contributed by atoms with Crippen LogP contribution in [0.15, 0.2) is 0 Å². The van der Waals surface area contributed by atoms with E-state index in [2.05, 4.69) is 10.4 Å². The lowest BCUT2D eigenvalue weighted by molar-refractivity contribution is -0.121. The Bertz CT molecular complexity index is 450. The maximum atomic E-state index is 11.8. The first kappa shape index (κ1) is 13.9. The molecule has 106 valence electrons. The second-order valence-corrected chi connectivity index (χ2v) is 5.02. The first-order chi connectivity index (χ1) is 9.08. The largest absolute Gasteiger partial charge is 0.396 e. The zero-order chi connectivity index (χ0) is 13.8. The predicted octanol–water partition coefficient (Wildman–Crippen LogP) is 0.767. The average Bonchev–Trinajstić information content (AvgIpc) is 2.96. The van der Waals surface area contributed by atoms with Crippen LogP contribution < -0.4 is 11.1 Å². The van der Waals surface area contributed by atoms with Gasteiger partial charge in [-0.25, -0.2) is 0 Å². The van der Waals surface area contributed by atoms with Crippen molar-refractivity contribution >= 4 is 11.6 Å². The molecule has 0 saturated carbocycles. The van der Waals surface area contributed by atoms with Gasteiger partial charge in [0.2, 0.25) is 5.91 Å². The summed E-state index contributed by atoms with van der Waals surface area (Å²) in [5, 5.41) is 7.13. The maximum absolute atomic E-state index is 11.8. The number of nitrogens with zero attached hydrogens (tertiary/aromatic N) is 2. The van der Waals surface area contributed by atoms with E-state index >= 15 is 0 Å². The molecular formula is C13H22N4O2. The first-order valence-corrected chi connectivity index (χ1v) is 6.75. The molecule has 1 aromatic rings. The van der Waals surface area contributed by atoms with E-state index in [1.807, 2.05) is 13.8 Å². The maximum Gasteiger partial charge on any atom is 0.241 e. The number of carbonyl (C=O) groups is 1. The van der Waals surface area contributed by atoms with Crippen molar-refractivity contribution in [2.24, 2.45) is 0 Å². The van der Waals surface area contributed by atoms with Gasteiger partial charge in [-0.05, 0) is 33.1 Å². The van der Waals surface area contributed by atoms with Gasteiger partial charge in [-0.3, -0.25) is 9.48 Å². The van der Waals surface area contributed by atoms with Crippen LogP contribution in [0.3, 0.4) is 0 Å². The van der Waals surface area contributed by atoms with Crippen molar-refractivity contribution < 1.29 is 9.53 Å². The Balaban J connectivity index is 1.75. The molecule has 6 nitrogen and oxygen atoms in total.